The maximum Gasteiger partial charge on any atom is 0.245 e. The van der Waals surface area contributed by atoms with Gasteiger partial charge in [0.2, 0.25) is 5.88 Å². The van der Waals surface area contributed by atoms with Gasteiger partial charge in [0.1, 0.15) is 12.2 Å². The number of fused-ring (bicyclic) bond motifs is 1. The Kier molecular flexibility index (Phi) is 4.26. The molecule has 1 fully saturated rings. The van der Waals surface area contributed by atoms with Crippen molar-refractivity contribution in [2.45, 2.75) is 25.3 Å². The van der Waals surface area contributed by atoms with Crippen molar-refractivity contribution in [3.63, 3.8) is 0 Å². The maximum absolute atomic E-state index is 6.06. The summed E-state index contributed by atoms with van der Waals surface area (Å²) in [5.41, 5.74) is 1.51. The van der Waals surface area contributed by atoms with Crippen LogP contribution < -0.4 is 4.74 Å². The van der Waals surface area contributed by atoms with Crippen molar-refractivity contribution in [2.24, 2.45) is 5.92 Å². The Morgan fingerprint density at radius 1 is 1.43 bits per heavy atom. The molecule has 0 bridgehead atoms. The molecule has 0 radical (unpaired) electrons. The van der Waals surface area contributed by atoms with E-state index in [1.54, 1.807) is 7.11 Å². The summed E-state index contributed by atoms with van der Waals surface area (Å²) >= 11 is 6.06. The zero-order chi connectivity index (χ0) is 14.8. The Morgan fingerprint density at radius 2 is 2.29 bits per heavy atom. The minimum absolute atomic E-state index is 0.363. The van der Waals surface area contributed by atoms with E-state index in [0.717, 1.165) is 24.6 Å². The molecule has 1 unspecified atom stereocenters. The van der Waals surface area contributed by atoms with Crippen molar-refractivity contribution in [2.75, 3.05) is 27.2 Å². The summed E-state index contributed by atoms with van der Waals surface area (Å²) in [5, 5.41) is 0. The van der Waals surface area contributed by atoms with Gasteiger partial charge in [-0.05, 0) is 32.4 Å². The predicted molar refractivity (Wildman–Crippen MR) is 81.7 cm³/mol. The van der Waals surface area contributed by atoms with Gasteiger partial charge in [-0.3, -0.25) is 0 Å². The van der Waals surface area contributed by atoms with Crippen LogP contribution >= 0.6 is 11.6 Å². The molecule has 1 aliphatic rings. The molecule has 0 spiro atoms. The minimum atomic E-state index is 0.363. The normalized spacial score (nSPS) is 20.0. The number of piperidine rings is 1. The zero-order valence-corrected chi connectivity index (χ0v) is 13.2. The lowest BCUT2D eigenvalue weighted by Gasteiger charge is -2.30. The molecule has 1 atom stereocenters. The summed E-state index contributed by atoms with van der Waals surface area (Å²) in [6.07, 6.45) is 3.99. The molecule has 3 rings (SSSR count). The van der Waals surface area contributed by atoms with Crippen LogP contribution in [-0.2, 0) is 12.4 Å². The van der Waals surface area contributed by atoms with Gasteiger partial charge >= 0.3 is 0 Å². The van der Waals surface area contributed by atoms with E-state index in [9.17, 15) is 0 Å². The Hall–Kier alpha value is -1.40. The van der Waals surface area contributed by atoms with Crippen molar-refractivity contribution < 1.29 is 4.74 Å². The van der Waals surface area contributed by atoms with E-state index in [0.29, 0.717) is 23.2 Å². The predicted octanol–water partition coefficient (Wildman–Crippen LogP) is 1.92. The van der Waals surface area contributed by atoms with Crippen LogP contribution in [-0.4, -0.2) is 51.7 Å². The van der Waals surface area contributed by atoms with E-state index < -0.39 is 0 Å². The molecule has 0 aliphatic carbocycles. The molecule has 21 heavy (non-hydrogen) atoms. The largest absolute Gasteiger partial charge is 0.479 e. The highest BCUT2D eigenvalue weighted by Gasteiger charge is 2.22. The summed E-state index contributed by atoms with van der Waals surface area (Å²) < 4.78 is 7.39. The molecule has 0 N–H and O–H groups in total. The topological polar surface area (TPSA) is 56.1 Å². The molecule has 6 nitrogen and oxygen atoms in total. The van der Waals surface area contributed by atoms with Crippen molar-refractivity contribution >= 4 is 22.8 Å². The highest BCUT2D eigenvalue weighted by molar-refractivity contribution is 6.16. The average molecular weight is 310 g/mol. The molecule has 2 aromatic heterocycles. The van der Waals surface area contributed by atoms with Crippen LogP contribution in [0.25, 0.3) is 11.2 Å². The molecule has 0 aromatic carbocycles. The maximum atomic E-state index is 6.06. The second-order valence-corrected chi connectivity index (χ2v) is 5.87. The van der Waals surface area contributed by atoms with E-state index >= 15 is 0 Å². The molecular weight excluding hydrogens is 290 g/mol. The number of rotatable bonds is 4. The molecule has 3 heterocycles. The fourth-order valence-electron chi connectivity index (χ4n) is 3.08. The van der Waals surface area contributed by atoms with Gasteiger partial charge in [0.25, 0.3) is 0 Å². The number of methoxy groups -OCH3 is 1. The number of nitrogens with zero attached hydrogens (tertiary/aromatic N) is 5. The first-order chi connectivity index (χ1) is 10.2. The quantitative estimate of drug-likeness (QED) is 0.808. The van der Waals surface area contributed by atoms with Crippen LogP contribution in [0.2, 0.25) is 0 Å². The van der Waals surface area contributed by atoms with Crippen molar-refractivity contribution in [1.82, 2.24) is 24.4 Å². The summed E-state index contributed by atoms with van der Waals surface area (Å²) in [6.45, 7) is 3.17. The van der Waals surface area contributed by atoms with Gasteiger partial charge in [0.05, 0.1) is 13.0 Å². The number of aromatic nitrogens is 4. The standard InChI is InChI=1S/C14H20ClN5O/c1-19-5-3-4-10(7-19)8-20-11(6-15)18-12-13(20)16-9-17-14(12)21-2/h9-10H,3-8H2,1-2H3. The molecule has 114 valence electrons. The average Bonchev–Trinajstić information content (AvgIpc) is 2.85. The number of hydrogen-bond acceptors (Lipinski definition) is 5. The Labute approximate surface area is 129 Å². The first kappa shape index (κ1) is 14.5. The highest BCUT2D eigenvalue weighted by atomic mass is 35.5. The summed E-state index contributed by atoms with van der Waals surface area (Å²) in [5.74, 6) is 2.30. The summed E-state index contributed by atoms with van der Waals surface area (Å²) in [4.78, 5) is 15.4. The highest BCUT2D eigenvalue weighted by Crippen LogP contribution is 2.25. The van der Waals surface area contributed by atoms with Crippen LogP contribution in [0.1, 0.15) is 18.7 Å². The van der Waals surface area contributed by atoms with Gasteiger partial charge in [-0.2, -0.15) is 4.98 Å². The number of hydrogen-bond donors (Lipinski definition) is 0. The van der Waals surface area contributed by atoms with Gasteiger partial charge in [-0.15, -0.1) is 11.6 Å². The fraction of sp³-hybridized carbons (Fsp3) is 0.643. The smallest absolute Gasteiger partial charge is 0.245 e. The third-order valence-electron chi connectivity index (χ3n) is 4.05. The van der Waals surface area contributed by atoms with Crippen LogP contribution in [0, 0.1) is 5.92 Å². The van der Waals surface area contributed by atoms with Gasteiger partial charge in [0.15, 0.2) is 11.2 Å². The number of ether oxygens (including phenoxy) is 1. The molecular formula is C14H20ClN5O. The number of imidazole rings is 1. The Balaban J connectivity index is 1.96. The SMILES string of the molecule is COc1ncnc2c1nc(CCl)n2CC1CCCN(C)C1. The van der Waals surface area contributed by atoms with Crippen molar-refractivity contribution in [1.29, 1.82) is 0 Å². The third-order valence-corrected chi connectivity index (χ3v) is 4.29. The molecule has 1 aliphatic heterocycles. The second kappa shape index (κ2) is 6.15. The Bertz CT molecular complexity index is 629. The monoisotopic (exact) mass is 309 g/mol. The first-order valence-electron chi connectivity index (χ1n) is 7.21. The minimum Gasteiger partial charge on any atom is -0.479 e. The van der Waals surface area contributed by atoms with Crippen LogP contribution in [0.3, 0.4) is 0 Å². The van der Waals surface area contributed by atoms with E-state index in [1.165, 1.54) is 25.7 Å². The molecule has 2 aromatic rings. The molecule has 0 amide bonds. The van der Waals surface area contributed by atoms with Gasteiger partial charge < -0.3 is 14.2 Å². The zero-order valence-electron chi connectivity index (χ0n) is 12.4. The number of likely N-dealkylation sites (tertiary alicyclic amines) is 1. The van der Waals surface area contributed by atoms with Crippen molar-refractivity contribution in [3.05, 3.63) is 12.2 Å². The van der Waals surface area contributed by atoms with E-state index in [2.05, 4.69) is 31.5 Å². The van der Waals surface area contributed by atoms with Crippen molar-refractivity contribution in [3.8, 4) is 5.88 Å². The van der Waals surface area contributed by atoms with Gasteiger partial charge in [0, 0.05) is 13.1 Å². The fourth-order valence-corrected chi connectivity index (χ4v) is 3.29. The van der Waals surface area contributed by atoms with Crippen LogP contribution in [0.15, 0.2) is 6.33 Å². The summed E-state index contributed by atoms with van der Waals surface area (Å²) in [6, 6.07) is 0. The Morgan fingerprint density at radius 3 is 3.00 bits per heavy atom. The van der Waals surface area contributed by atoms with Gasteiger partial charge in [-0.1, -0.05) is 0 Å². The number of alkyl halides is 1. The lowest BCUT2D eigenvalue weighted by atomic mass is 9.98. The van der Waals surface area contributed by atoms with Crippen LogP contribution in [0.5, 0.6) is 5.88 Å². The van der Waals surface area contributed by atoms with Crippen LogP contribution in [0.4, 0.5) is 0 Å². The summed E-state index contributed by atoms with van der Waals surface area (Å²) in [7, 11) is 3.77. The lowest BCUT2D eigenvalue weighted by molar-refractivity contribution is 0.194. The second-order valence-electron chi connectivity index (χ2n) is 5.60. The first-order valence-corrected chi connectivity index (χ1v) is 7.75. The third kappa shape index (κ3) is 2.82. The lowest BCUT2D eigenvalue weighted by Crippen LogP contribution is -2.34. The van der Waals surface area contributed by atoms with Gasteiger partial charge in [-0.25, -0.2) is 9.97 Å². The molecule has 1 saturated heterocycles. The number of halogens is 1. The molecule has 0 saturated carbocycles. The van der Waals surface area contributed by atoms with E-state index in [1.807, 2.05) is 0 Å². The van der Waals surface area contributed by atoms with E-state index in [4.69, 9.17) is 16.3 Å². The molecule has 7 heteroatoms. The van der Waals surface area contributed by atoms with E-state index in [-0.39, 0.29) is 0 Å².